The van der Waals surface area contributed by atoms with E-state index in [1.807, 2.05) is 42.5 Å². The lowest BCUT2D eigenvalue weighted by Crippen LogP contribution is -2.44. The van der Waals surface area contributed by atoms with Gasteiger partial charge in [-0.15, -0.1) is 12.4 Å². The molecule has 1 atom stereocenters. The summed E-state index contributed by atoms with van der Waals surface area (Å²) in [6.07, 6.45) is 5.57. The third-order valence-corrected chi connectivity index (χ3v) is 4.96. The third kappa shape index (κ3) is 5.40. The molecule has 1 saturated heterocycles. The van der Waals surface area contributed by atoms with Gasteiger partial charge in [0.15, 0.2) is 0 Å². The molecule has 1 amide bonds. The first kappa shape index (κ1) is 20.1. The van der Waals surface area contributed by atoms with Crippen molar-refractivity contribution in [2.75, 3.05) is 12.3 Å². The van der Waals surface area contributed by atoms with Crippen LogP contribution in [0.15, 0.2) is 48.5 Å². The van der Waals surface area contributed by atoms with Gasteiger partial charge in [0.1, 0.15) is 5.75 Å². The number of benzene rings is 2. The summed E-state index contributed by atoms with van der Waals surface area (Å²) in [5.41, 5.74) is 8.57. The van der Waals surface area contributed by atoms with Crippen molar-refractivity contribution in [3.05, 3.63) is 59.7 Å². The lowest BCUT2D eigenvalue weighted by atomic mass is 9.95. The molecule has 0 saturated carbocycles. The fraction of sp³-hybridized carbons (Fsp3) is 0.381. The minimum atomic E-state index is 0. The lowest BCUT2D eigenvalue weighted by Gasteiger charge is -2.36. The number of carbonyl (C=O) groups excluding carboxylic acids is 1. The number of phenolic OH excluding ortho intramolecular Hbond substituents is 1. The van der Waals surface area contributed by atoms with Gasteiger partial charge in [-0.25, -0.2) is 0 Å². The lowest BCUT2D eigenvalue weighted by molar-refractivity contribution is -0.134. The van der Waals surface area contributed by atoms with Crippen LogP contribution in [-0.2, 0) is 17.6 Å². The molecule has 0 bridgehead atoms. The average molecular weight is 375 g/mol. The van der Waals surface area contributed by atoms with E-state index in [4.69, 9.17) is 5.73 Å². The number of hydrogen-bond acceptors (Lipinski definition) is 3. The highest BCUT2D eigenvalue weighted by atomic mass is 35.5. The van der Waals surface area contributed by atoms with Crippen LogP contribution in [0.2, 0.25) is 0 Å². The molecule has 3 N–H and O–H groups in total. The normalized spacial score (nSPS) is 16.8. The molecule has 140 valence electrons. The quantitative estimate of drug-likeness (QED) is 0.778. The van der Waals surface area contributed by atoms with Gasteiger partial charge in [0.25, 0.3) is 0 Å². The smallest absolute Gasteiger partial charge is 0.227 e. The first-order chi connectivity index (χ1) is 12.1. The molecule has 4 nitrogen and oxygen atoms in total. The Hall–Kier alpha value is -2.20. The Morgan fingerprint density at radius 2 is 1.88 bits per heavy atom. The van der Waals surface area contributed by atoms with E-state index in [0.29, 0.717) is 12.2 Å². The SMILES string of the molecule is Cl.Nc1ccc(CC(=O)N2CCCCC2CCc2cccc(O)c2)cc1. The molecule has 0 spiro atoms. The molecule has 1 fully saturated rings. The van der Waals surface area contributed by atoms with Gasteiger partial charge in [-0.05, 0) is 67.5 Å². The number of rotatable bonds is 5. The Bertz CT molecular complexity index is 718. The predicted molar refractivity (Wildman–Crippen MR) is 108 cm³/mol. The Morgan fingerprint density at radius 1 is 1.12 bits per heavy atom. The highest BCUT2D eigenvalue weighted by Gasteiger charge is 2.26. The maximum atomic E-state index is 12.8. The number of anilines is 1. The number of aromatic hydroxyl groups is 1. The molecule has 1 unspecified atom stereocenters. The van der Waals surface area contributed by atoms with Crippen LogP contribution in [0.5, 0.6) is 5.75 Å². The number of hydrogen-bond donors (Lipinski definition) is 2. The molecule has 2 aromatic carbocycles. The third-order valence-electron chi connectivity index (χ3n) is 4.96. The Morgan fingerprint density at radius 3 is 2.62 bits per heavy atom. The van der Waals surface area contributed by atoms with Crippen LogP contribution in [-0.4, -0.2) is 28.5 Å². The topological polar surface area (TPSA) is 66.6 Å². The molecular weight excluding hydrogens is 348 g/mol. The highest BCUT2D eigenvalue weighted by Crippen LogP contribution is 2.23. The second kappa shape index (κ2) is 9.48. The van der Waals surface area contributed by atoms with Crippen molar-refractivity contribution < 1.29 is 9.90 Å². The van der Waals surface area contributed by atoms with Crippen molar-refractivity contribution in [1.82, 2.24) is 4.90 Å². The number of halogens is 1. The van der Waals surface area contributed by atoms with Crippen LogP contribution in [0.25, 0.3) is 0 Å². The van der Waals surface area contributed by atoms with Crippen molar-refractivity contribution in [2.24, 2.45) is 0 Å². The summed E-state index contributed by atoms with van der Waals surface area (Å²) >= 11 is 0. The number of nitrogens with two attached hydrogens (primary N) is 1. The molecule has 0 aliphatic carbocycles. The number of aryl methyl sites for hydroxylation is 1. The van der Waals surface area contributed by atoms with Crippen LogP contribution in [0.1, 0.15) is 36.8 Å². The highest BCUT2D eigenvalue weighted by molar-refractivity contribution is 5.85. The Kier molecular flexibility index (Phi) is 7.34. The summed E-state index contributed by atoms with van der Waals surface area (Å²) in [4.78, 5) is 14.8. The van der Waals surface area contributed by atoms with E-state index in [-0.39, 0.29) is 24.4 Å². The maximum Gasteiger partial charge on any atom is 0.227 e. The van der Waals surface area contributed by atoms with Gasteiger partial charge in [0, 0.05) is 18.3 Å². The van der Waals surface area contributed by atoms with E-state index in [1.165, 1.54) is 6.42 Å². The standard InChI is InChI=1S/C21H26N2O2.ClH/c22-18-10-7-17(8-11-18)15-21(25)23-13-2-1-5-19(23)12-9-16-4-3-6-20(24)14-16;/h3-4,6-8,10-11,14,19,24H,1-2,5,9,12-13,15,22H2;1H. The zero-order chi connectivity index (χ0) is 17.6. The fourth-order valence-corrected chi connectivity index (χ4v) is 3.59. The van der Waals surface area contributed by atoms with Crippen molar-refractivity contribution >= 4 is 24.0 Å². The minimum Gasteiger partial charge on any atom is -0.508 e. The van der Waals surface area contributed by atoms with E-state index in [1.54, 1.807) is 6.07 Å². The average Bonchev–Trinajstić information content (AvgIpc) is 2.62. The largest absolute Gasteiger partial charge is 0.508 e. The zero-order valence-corrected chi connectivity index (χ0v) is 15.8. The second-order valence-electron chi connectivity index (χ2n) is 6.86. The van der Waals surface area contributed by atoms with Gasteiger partial charge in [-0.1, -0.05) is 24.3 Å². The van der Waals surface area contributed by atoms with Gasteiger partial charge in [0.05, 0.1) is 6.42 Å². The van der Waals surface area contributed by atoms with Gasteiger partial charge < -0.3 is 15.7 Å². The number of carbonyl (C=O) groups is 1. The van der Waals surface area contributed by atoms with Gasteiger partial charge >= 0.3 is 0 Å². The van der Waals surface area contributed by atoms with E-state index >= 15 is 0 Å². The number of nitrogens with zero attached hydrogens (tertiary/aromatic N) is 1. The molecule has 1 aliphatic heterocycles. The number of piperidine rings is 1. The summed E-state index contributed by atoms with van der Waals surface area (Å²) < 4.78 is 0. The van der Waals surface area contributed by atoms with Crippen LogP contribution < -0.4 is 5.73 Å². The minimum absolute atomic E-state index is 0. The van der Waals surface area contributed by atoms with Gasteiger partial charge in [-0.2, -0.15) is 0 Å². The molecule has 1 aliphatic rings. The number of amides is 1. The monoisotopic (exact) mass is 374 g/mol. The van der Waals surface area contributed by atoms with Gasteiger partial charge in [0.2, 0.25) is 5.91 Å². The summed E-state index contributed by atoms with van der Waals surface area (Å²) in [6.45, 7) is 0.846. The van der Waals surface area contributed by atoms with E-state index < -0.39 is 0 Å². The predicted octanol–water partition coefficient (Wildman–Crippen LogP) is 3.95. The Labute approximate surface area is 161 Å². The molecular formula is C21H27ClN2O2. The zero-order valence-electron chi connectivity index (χ0n) is 14.9. The van der Waals surface area contributed by atoms with Gasteiger partial charge in [-0.3, -0.25) is 4.79 Å². The fourth-order valence-electron chi connectivity index (χ4n) is 3.59. The van der Waals surface area contributed by atoms with Crippen LogP contribution in [0.3, 0.4) is 0 Å². The van der Waals surface area contributed by atoms with E-state index in [0.717, 1.165) is 49.0 Å². The molecule has 0 radical (unpaired) electrons. The molecule has 1 heterocycles. The molecule has 3 rings (SSSR count). The summed E-state index contributed by atoms with van der Waals surface area (Å²) in [5, 5.41) is 9.60. The van der Waals surface area contributed by atoms with E-state index in [2.05, 4.69) is 4.90 Å². The van der Waals surface area contributed by atoms with Crippen molar-refractivity contribution in [3.63, 3.8) is 0 Å². The van der Waals surface area contributed by atoms with Crippen LogP contribution >= 0.6 is 12.4 Å². The van der Waals surface area contributed by atoms with Crippen molar-refractivity contribution in [3.8, 4) is 5.75 Å². The summed E-state index contributed by atoms with van der Waals surface area (Å²) in [5.74, 6) is 0.503. The molecule has 26 heavy (non-hydrogen) atoms. The maximum absolute atomic E-state index is 12.8. The first-order valence-corrected chi connectivity index (χ1v) is 9.03. The summed E-state index contributed by atoms with van der Waals surface area (Å²) in [7, 11) is 0. The Balaban J connectivity index is 0.00000243. The van der Waals surface area contributed by atoms with Crippen molar-refractivity contribution in [1.29, 1.82) is 0 Å². The first-order valence-electron chi connectivity index (χ1n) is 9.03. The molecule has 0 aromatic heterocycles. The number of likely N-dealkylation sites (tertiary alicyclic amines) is 1. The van der Waals surface area contributed by atoms with Crippen LogP contribution in [0.4, 0.5) is 5.69 Å². The van der Waals surface area contributed by atoms with Crippen molar-refractivity contribution in [2.45, 2.75) is 44.6 Å². The molecule has 5 heteroatoms. The van der Waals surface area contributed by atoms with E-state index in [9.17, 15) is 9.90 Å². The second-order valence-corrected chi connectivity index (χ2v) is 6.86. The molecule has 2 aromatic rings. The number of nitrogen functional groups attached to an aromatic ring is 1. The number of phenols is 1. The summed E-state index contributed by atoms with van der Waals surface area (Å²) in [6, 6.07) is 15.2. The van der Waals surface area contributed by atoms with Crippen LogP contribution in [0, 0.1) is 0 Å².